The van der Waals surface area contributed by atoms with Crippen molar-refractivity contribution >= 4 is 29.5 Å². The molecule has 6 nitrogen and oxygen atoms in total. The Morgan fingerprint density at radius 3 is 2.43 bits per heavy atom. The maximum atomic E-state index is 12.7. The number of amides is 2. The molecule has 1 N–H and O–H groups in total. The summed E-state index contributed by atoms with van der Waals surface area (Å²) in [7, 11) is 0. The van der Waals surface area contributed by atoms with Gasteiger partial charge in [0.25, 0.3) is 0 Å². The molecule has 1 aliphatic heterocycles. The van der Waals surface area contributed by atoms with Crippen LogP contribution in [0.25, 0.3) is 0 Å². The first-order chi connectivity index (χ1) is 13.4. The average molecular weight is 407 g/mol. The molecule has 0 unspecified atom stereocenters. The lowest BCUT2D eigenvalue weighted by Gasteiger charge is -2.59. The van der Waals surface area contributed by atoms with Crippen molar-refractivity contribution in [1.29, 1.82) is 0 Å². The van der Waals surface area contributed by atoms with Gasteiger partial charge in [0.05, 0.1) is 23.5 Å². The molecule has 1 heterocycles. The SMILES string of the molecule is CCOC(=O)/C=C1\SCC(=O)N1CC(=O)N[C@@H](C)C12CC3CC(CC(C3)C1)C2. The highest BCUT2D eigenvalue weighted by Gasteiger charge is 2.53. The fraction of sp³-hybridized carbons (Fsp3) is 0.762. The van der Waals surface area contributed by atoms with Gasteiger partial charge in [-0.25, -0.2) is 4.79 Å². The number of hydrogen-bond donors (Lipinski definition) is 1. The van der Waals surface area contributed by atoms with E-state index in [1.807, 2.05) is 0 Å². The second kappa shape index (κ2) is 7.73. The van der Waals surface area contributed by atoms with Crippen LogP contribution in [0.3, 0.4) is 0 Å². The van der Waals surface area contributed by atoms with E-state index in [9.17, 15) is 14.4 Å². The van der Waals surface area contributed by atoms with Crippen LogP contribution in [0.4, 0.5) is 0 Å². The Kier molecular flexibility index (Phi) is 5.47. The maximum Gasteiger partial charge on any atom is 0.333 e. The van der Waals surface area contributed by atoms with Crippen LogP contribution in [0, 0.1) is 23.2 Å². The van der Waals surface area contributed by atoms with Gasteiger partial charge in [0.2, 0.25) is 11.8 Å². The van der Waals surface area contributed by atoms with Gasteiger partial charge >= 0.3 is 5.97 Å². The number of ether oxygens (including phenoxy) is 1. The van der Waals surface area contributed by atoms with Gasteiger partial charge in [-0.3, -0.25) is 14.5 Å². The third kappa shape index (κ3) is 3.82. The molecule has 154 valence electrons. The summed E-state index contributed by atoms with van der Waals surface area (Å²) < 4.78 is 4.93. The van der Waals surface area contributed by atoms with E-state index in [4.69, 9.17) is 4.74 Å². The van der Waals surface area contributed by atoms with Crippen molar-refractivity contribution in [3.8, 4) is 0 Å². The molecule has 28 heavy (non-hydrogen) atoms. The van der Waals surface area contributed by atoms with Gasteiger partial charge in [-0.05, 0) is 75.5 Å². The van der Waals surface area contributed by atoms with Gasteiger partial charge in [0.1, 0.15) is 6.54 Å². The van der Waals surface area contributed by atoms with E-state index < -0.39 is 5.97 Å². The van der Waals surface area contributed by atoms with Crippen LogP contribution in [0.5, 0.6) is 0 Å². The zero-order valence-electron chi connectivity index (χ0n) is 16.7. The van der Waals surface area contributed by atoms with Crippen LogP contribution in [-0.2, 0) is 19.1 Å². The van der Waals surface area contributed by atoms with Gasteiger partial charge in [-0.1, -0.05) is 11.8 Å². The first-order valence-corrected chi connectivity index (χ1v) is 11.5. The molecule has 4 saturated carbocycles. The standard InChI is InChI=1S/C21H30N2O4S/c1-3-27-20(26)7-19-23(18(25)12-28-19)11-17(24)22-13(2)21-8-14-4-15(9-21)6-16(5-14)10-21/h7,13-16H,3-6,8-12H2,1-2H3,(H,22,24)/b19-7-/t13-,14?,15?,16?,21?/m0/s1. The predicted octanol–water partition coefficient (Wildman–Crippen LogP) is 2.69. The number of nitrogens with one attached hydrogen (secondary N) is 1. The summed E-state index contributed by atoms with van der Waals surface area (Å²) in [5.41, 5.74) is 0.234. The largest absolute Gasteiger partial charge is 0.463 e. The lowest BCUT2D eigenvalue weighted by molar-refractivity contribution is -0.137. The molecule has 5 fully saturated rings. The number of carbonyl (C=O) groups excluding carboxylic acids is 3. The van der Waals surface area contributed by atoms with Crippen molar-refractivity contribution in [2.45, 2.75) is 58.4 Å². The molecule has 5 aliphatic rings. The summed E-state index contributed by atoms with van der Waals surface area (Å²) in [6, 6.07) is 0.122. The number of thioether (sulfide) groups is 1. The van der Waals surface area contributed by atoms with Crippen LogP contribution < -0.4 is 5.32 Å². The van der Waals surface area contributed by atoms with Gasteiger partial charge in [-0.15, -0.1) is 0 Å². The normalized spacial score (nSPS) is 36.1. The van der Waals surface area contributed by atoms with E-state index in [-0.39, 0.29) is 42.2 Å². The summed E-state index contributed by atoms with van der Waals surface area (Å²) in [6.07, 6.45) is 9.13. The van der Waals surface area contributed by atoms with Crippen molar-refractivity contribution in [2.75, 3.05) is 18.9 Å². The summed E-state index contributed by atoms with van der Waals surface area (Å²) >= 11 is 1.28. The highest BCUT2D eigenvalue weighted by atomic mass is 32.2. The number of nitrogens with zero attached hydrogens (tertiary/aromatic N) is 1. The number of hydrogen-bond acceptors (Lipinski definition) is 5. The van der Waals surface area contributed by atoms with Crippen molar-refractivity contribution < 1.29 is 19.1 Å². The number of esters is 1. The zero-order chi connectivity index (χ0) is 19.9. The topological polar surface area (TPSA) is 75.7 Å². The zero-order valence-corrected chi connectivity index (χ0v) is 17.6. The molecule has 0 aromatic rings. The van der Waals surface area contributed by atoms with E-state index in [1.54, 1.807) is 6.92 Å². The van der Waals surface area contributed by atoms with Crippen LogP contribution in [-0.4, -0.2) is 47.6 Å². The highest BCUT2D eigenvalue weighted by Crippen LogP contribution is 2.61. The van der Waals surface area contributed by atoms with Gasteiger partial charge in [0, 0.05) is 6.04 Å². The highest BCUT2D eigenvalue weighted by molar-refractivity contribution is 8.04. The minimum atomic E-state index is -0.480. The molecule has 4 aliphatic carbocycles. The molecule has 2 amide bonds. The first-order valence-electron chi connectivity index (χ1n) is 10.5. The van der Waals surface area contributed by atoms with E-state index >= 15 is 0 Å². The Hall–Kier alpha value is -1.50. The lowest BCUT2D eigenvalue weighted by atomic mass is 9.48. The summed E-state index contributed by atoms with van der Waals surface area (Å²) in [4.78, 5) is 38.1. The molecule has 0 spiro atoms. The van der Waals surface area contributed by atoms with Crippen molar-refractivity contribution in [3.63, 3.8) is 0 Å². The Morgan fingerprint density at radius 2 is 1.86 bits per heavy atom. The van der Waals surface area contributed by atoms with Gasteiger partial charge < -0.3 is 10.1 Å². The summed E-state index contributed by atoms with van der Waals surface area (Å²) in [6.45, 7) is 4.12. The third-order valence-electron chi connectivity index (χ3n) is 7.12. The van der Waals surface area contributed by atoms with Crippen LogP contribution in [0.1, 0.15) is 52.4 Å². The number of rotatable bonds is 6. The van der Waals surface area contributed by atoms with Crippen molar-refractivity contribution in [3.05, 3.63) is 11.1 Å². The van der Waals surface area contributed by atoms with Crippen molar-refractivity contribution in [1.82, 2.24) is 10.2 Å². The number of carbonyl (C=O) groups is 3. The average Bonchev–Trinajstić information content (AvgIpc) is 2.94. The Labute approximate surface area is 170 Å². The molecule has 0 aromatic carbocycles. The first kappa shape index (κ1) is 19.8. The second-order valence-corrected chi connectivity index (χ2v) is 10.1. The predicted molar refractivity (Wildman–Crippen MR) is 107 cm³/mol. The van der Waals surface area contributed by atoms with Crippen molar-refractivity contribution in [2.24, 2.45) is 23.2 Å². The Bertz CT molecular complexity index is 669. The fourth-order valence-corrected chi connectivity index (χ4v) is 7.21. The van der Waals surface area contributed by atoms with Gasteiger partial charge in [-0.2, -0.15) is 0 Å². The monoisotopic (exact) mass is 406 g/mol. The quantitative estimate of drug-likeness (QED) is 0.542. The summed E-state index contributed by atoms with van der Waals surface area (Å²) in [5.74, 6) is 1.99. The van der Waals surface area contributed by atoms with E-state index in [0.717, 1.165) is 17.8 Å². The van der Waals surface area contributed by atoms with Crippen LogP contribution in [0.2, 0.25) is 0 Å². The molecule has 1 saturated heterocycles. The third-order valence-corrected chi connectivity index (χ3v) is 8.15. The smallest absolute Gasteiger partial charge is 0.333 e. The van der Waals surface area contributed by atoms with Crippen LogP contribution in [0.15, 0.2) is 11.1 Å². The molecule has 1 atom stereocenters. The molecule has 0 aromatic heterocycles. The minimum absolute atomic E-state index is 0.0340. The van der Waals surface area contributed by atoms with E-state index in [0.29, 0.717) is 5.03 Å². The van der Waals surface area contributed by atoms with Crippen LogP contribution >= 0.6 is 11.8 Å². The second-order valence-electron chi connectivity index (χ2n) is 9.07. The maximum absolute atomic E-state index is 12.7. The molecule has 7 heteroatoms. The molecule has 5 rings (SSSR count). The Morgan fingerprint density at radius 1 is 1.25 bits per heavy atom. The Balaban J connectivity index is 1.38. The minimum Gasteiger partial charge on any atom is -0.463 e. The molecule has 0 radical (unpaired) electrons. The lowest BCUT2D eigenvalue weighted by Crippen LogP contribution is -2.56. The van der Waals surface area contributed by atoms with E-state index in [1.165, 1.54) is 61.3 Å². The molecule has 4 bridgehead atoms. The fourth-order valence-electron chi connectivity index (χ4n) is 6.28. The van der Waals surface area contributed by atoms with Gasteiger partial charge in [0.15, 0.2) is 0 Å². The summed E-state index contributed by atoms with van der Waals surface area (Å²) in [5, 5.41) is 3.70. The molecular formula is C21H30N2O4S. The molecular weight excluding hydrogens is 376 g/mol. The van der Waals surface area contributed by atoms with E-state index in [2.05, 4.69) is 12.2 Å².